The van der Waals surface area contributed by atoms with E-state index in [-0.39, 0.29) is 17.5 Å². The number of carbonyl (C=O) groups is 2. The normalized spacial score (nSPS) is 23.1. The number of aromatic nitrogens is 2. The highest BCUT2D eigenvalue weighted by Crippen LogP contribution is 2.50. The summed E-state index contributed by atoms with van der Waals surface area (Å²) in [7, 11) is 0. The first-order valence-corrected chi connectivity index (χ1v) is 13.5. The van der Waals surface area contributed by atoms with E-state index in [9.17, 15) is 18.8 Å². The highest BCUT2D eigenvalue weighted by Gasteiger charge is 2.54. The first-order valence-electron chi connectivity index (χ1n) is 13.5. The number of hydrogen-bond donors (Lipinski definition) is 3. The molecule has 1 aromatic carbocycles. The van der Waals surface area contributed by atoms with Gasteiger partial charge in [0.1, 0.15) is 11.6 Å². The van der Waals surface area contributed by atoms with E-state index in [1.165, 1.54) is 22.9 Å². The second-order valence-corrected chi connectivity index (χ2v) is 11.4. The van der Waals surface area contributed by atoms with Gasteiger partial charge in [0, 0.05) is 52.0 Å². The van der Waals surface area contributed by atoms with Gasteiger partial charge in [0.2, 0.25) is 5.91 Å². The van der Waals surface area contributed by atoms with E-state index >= 15 is 0 Å². The van der Waals surface area contributed by atoms with Crippen LogP contribution in [0, 0.1) is 23.6 Å². The van der Waals surface area contributed by atoms with Crippen LogP contribution in [0.25, 0.3) is 5.69 Å². The van der Waals surface area contributed by atoms with E-state index in [1.807, 2.05) is 0 Å². The average molecular weight is 541 g/mol. The molecule has 2 aliphatic heterocycles. The van der Waals surface area contributed by atoms with Gasteiger partial charge in [0.05, 0.1) is 11.2 Å². The standard InChI is InChI=1S/C27H37FN8O3/c1-27(2,30)24(37)34-9-11-35(12-10-34)25(38)31-23-6-8-36(26(39)32-23)18-4-3-17(22(28)13-18)5-7-33-15-20-19(14-29)21(20)16-33/h3-4,6,8,13,19-21H,5,7,9-12,14-16,29-30H2,1-2H3,(H,31,32,38,39)/t19?,20-,21+. The van der Waals surface area contributed by atoms with Crippen LogP contribution in [0.4, 0.5) is 15.0 Å². The smallest absolute Gasteiger partial charge is 0.338 e. The number of carbonyl (C=O) groups excluding carboxylic acids is 2. The number of benzene rings is 1. The first-order chi connectivity index (χ1) is 18.5. The lowest BCUT2D eigenvalue weighted by Gasteiger charge is -2.37. The molecular formula is C27H37FN8O3. The van der Waals surface area contributed by atoms with Gasteiger partial charge in [-0.15, -0.1) is 0 Å². The zero-order valence-electron chi connectivity index (χ0n) is 22.5. The lowest BCUT2D eigenvalue weighted by Crippen LogP contribution is -2.58. The summed E-state index contributed by atoms with van der Waals surface area (Å²) < 4.78 is 16.1. The number of urea groups is 1. The van der Waals surface area contributed by atoms with Crippen molar-refractivity contribution in [2.45, 2.75) is 25.8 Å². The van der Waals surface area contributed by atoms with Crippen LogP contribution in [0.15, 0.2) is 35.3 Å². The maximum absolute atomic E-state index is 14.9. The minimum absolute atomic E-state index is 0.0977. The summed E-state index contributed by atoms with van der Waals surface area (Å²) in [5.74, 6) is 1.65. The number of nitrogens with two attached hydrogens (primary N) is 2. The Kier molecular flexibility index (Phi) is 7.45. The first kappa shape index (κ1) is 27.2. The molecule has 0 spiro atoms. The molecule has 11 nitrogen and oxygen atoms in total. The molecule has 2 saturated heterocycles. The van der Waals surface area contributed by atoms with Crippen molar-refractivity contribution in [2.24, 2.45) is 29.2 Å². The number of fused-ring (bicyclic) bond motifs is 1. The number of likely N-dealkylation sites (tertiary alicyclic amines) is 1. The minimum atomic E-state index is -0.968. The topological polar surface area (TPSA) is 143 Å². The fourth-order valence-electron chi connectivity index (χ4n) is 5.81. The molecule has 1 aromatic heterocycles. The Morgan fingerprint density at radius 1 is 1.10 bits per heavy atom. The third-order valence-electron chi connectivity index (χ3n) is 8.18. The Labute approximate surface area is 226 Å². The monoisotopic (exact) mass is 540 g/mol. The Balaban J connectivity index is 1.14. The number of hydrogen-bond acceptors (Lipinski definition) is 7. The third-order valence-corrected chi connectivity index (χ3v) is 8.18. The number of rotatable bonds is 7. The molecule has 1 saturated carbocycles. The third kappa shape index (κ3) is 5.82. The van der Waals surface area contributed by atoms with E-state index in [0.29, 0.717) is 61.6 Å². The minimum Gasteiger partial charge on any atom is -0.338 e. The van der Waals surface area contributed by atoms with Gasteiger partial charge in [0.15, 0.2) is 0 Å². The van der Waals surface area contributed by atoms with Gasteiger partial charge in [-0.25, -0.2) is 14.0 Å². The largest absolute Gasteiger partial charge is 0.354 e. The van der Waals surface area contributed by atoms with Gasteiger partial charge in [-0.2, -0.15) is 4.98 Å². The van der Waals surface area contributed by atoms with Gasteiger partial charge >= 0.3 is 11.7 Å². The summed E-state index contributed by atoms with van der Waals surface area (Å²) in [6, 6.07) is 5.83. The number of halogens is 1. The molecule has 1 unspecified atom stereocenters. The second kappa shape index (κ2) is 10.7. The second-order valence-electron chi connectivity index (χ2n) is 11.4. The van der Waals surface area contributed by atoms with Crippen molar-refractivity contribution in [2.75, 3.05) is 57.7 Å². The fourth-order valence-corrected chi connectivity index (χ4v) is 5.81. The zero-order chi connectivity index (χ0) is 27.9. The molecule has 5 N–H and O–H groups in total. The van der Waals surface area contributed by atoms with Gasteiger partial charge in [-0.3, -0.25) is 14.7 Å². The molecule has 3 fully saturated rings. The highest BCUT2D eigenvalue weighted by molar-refractivity contribution is 5.89. The van der Waals surface area contributed by atoms with Crippen molar-refractivity contribution in [3.63, 3.8) is 0 Å². The predicted octanol–water partition coefficient (Wildman–Crippen LogP) is 0.464. The quantitative estimate of drug-likeness (QED) is 0.463. The van der Waals surface area contributed by atoms with E-state index in [2.05, 4.69) is 15.2 Å². The van der Waals surface area contributed by atoms with Crippen molar-refractivity contribution >= 4 is 17.8 Å². The van der Waals surface area contributed by atoms with Crippen LogP contribution in [-0.2, 0) is 11.2 Å². The van der Waals surface area contributed by atoms with Gasteiger partial charge < -0.3 is 26.2 Å². The Bertz CT molecular complexity index is 1290. The van der Waals surface area contributed by atoms with E-state index in [0.717, 1.165) is 26.2 Å². The summed E-state index contributed by atoms with van der Waals surface area (Å²) in [6.07, 6.45) is 2.06. The van der Waals surface area contributed by atoms with Gasteiger partial charge in [0.25, 0.3) is 0 Å². The molecule has 5 rings (SSSR count). The lowest BCUT2D eigenvalue weighted by atomic mass is 10.1. The molecular weight excluding hydrogens is 503 g/mol. The lowest BCUT2D eigenvalue weighted by molar-refractivity contribution is -0.137. The molecule has 39 heavy (non-hydrogen) atoms. The maximum Gasteiger partial charge on any atom is 0.354 e. The summed E-state index contributed by atoms with van der Waals surface area (Å²) >= 11 is 0. The Hall–Kier alpha value is -3.35. The molecule has 12 heteroatoms. The number of anilines is 1. The van der Waals surface area contributed by atoms with Crippen LogP contribution in [0.2, 0.25) is 0 Å². The summed E-state index contributed by atoms with van der Waals surface area (Å²) in [4.78, 5) is 47.2. The summed E-state index contributed by atoms with van der Waals surface area (Å²) in [5.41, 5.74) is 11.0. The van der Waals surface area contributed by atoms with Crippen LogP contribution in [0.5, 0.6) is 0 Å². The molecule has 1 aliphatic carbocycles. The van der Waals surface area contributed by atoms with E-state index in [1.54, 1.807) is 35.8 Å². The van der Waals surface area contributed by atoms with Crippen molar-refractivity contribution in [3.8, 4) is 5.69 Å². The van der Waals surface area contributed by atoms with Crippen LogP contribution in [0.1, 0.15) is 19.4 Å². The van der Waals surface area contributed by atoms with E-state index in [4.69, 9.17) is 11.5 Å². The van der Waals surface area contributed by atoms with Crippen LogP contribution >= 0.6 is 0 Å². The number of piperazine rings is 1. The van der Waals surface area contributed by atoms with Gasteiger partial charge in [-0.05, 0) is 68.3 Å². The molecule has 3 heterocycles. The van der Waals surface area contributed by atoms with Crippen molar-refractivity contribution in [1.82, 2.24) is 24.3 Å². The number of piperidine rings is 1. The maximum atomic E-state index is 14.9. The predicted molar refractivity (Wildman–Crippen MR) is 145 cm³/mol. The fraction of sp³-hybridized carbons (Fsp3) is 0.556. The van der Waals surface area contributed by atoms with E-state index < -0.39 is 17.3 Å². The zero-order valence-corrected chi connectivity index (χ0v) is 22.5. The molecule has 3 atom stereocenters. The number of amides is 3. The average Bonchev–Trinajstić information content (AvgIpc) is 3.38. The molecule has 3 aliphatic rings. The molecule has 3 amide bonds. The van der Waals surface area contributed by atoms with Gasteiger partial charge in [-0.1, -0.05) is 6.07 Å². The summed E-state index contributed by atoms with van der Waals surface area (Å²) in [5, 5.41) is 2.63. The summed E-state index contributed by atoms with van der Waals surface area (Å²) in [6.45, 7) is 8.36. The van der Waals surface area contributed by atoms with Crippen LogP contribution < -0.4 is 22.5 Å². The van der Waals surface area contributed by atoms with Crippen molar-refractivity contribution < 1.29 is 14.0 Å². The Morgan fingerprint density at radius 2 is 1.77 bits per heavy atom. The van der Waals surface area contributed by atoms with Crippen LogP contribution in [-0.4, -0.2) is 94.1 Å². The van der Waals surface area contributed by atoms with Crippen LogP contribution in [0.3, 0.4) is 0 Å². The van der Waals surface area contributed by atoms with Crippen molar-refractivity contribution in [3.05, 3.63) is 52.3 Å². The Morgan fingerprint density at radius 3 is 2.36 bits per heavy atom. The molecule has 210 valence electrons. The number of nitrogens with zero attached hydrogens (tertiary/aromatic N) is 5. The number of nitrogens with one attached hydrogen (secondary N) is 1. The SMILES string of the molecule is CC(C)(N)C(=O)N1CCN(C(=O)Nc2ccn(-c3ccc(CCN4C[C@@H]5C(CN)[C@@H]5C4)c(F)c3)c(=O)n2)CC1. The molecule has 0 bridgehead atoms. The highest BCUT2D eigenvalue weighted by atomic mass is 19.1. The molecule has 0 radical (unpaired) electrons. The van der Waals surface area contributed by atoms with Crippen molar-refractivity contribution in [1.29, 1.82) is 0 Å². The molecule has 2 aromatic rings.